The molecular formula is C60H66N2. The first-order valence-corrected chi connectivity index (χ1v) is 21.6. The molecule has 1 aliphatic carbocycles. The van der Waals surface area contributed by atoms with Gasteiger partial charge in [-0.2, -0.15) is 0 Å². The predicted octanol–water partition coefficient (Wildman–Crippen LogP) is 16.8. The highest BCUT2D eigenvalue weighted by Crippen LogP contribution is 2.47. The average Bonchev–Trinajstić information content (AvgIpc) is 3.53. The van der Waals surface area contributed by atoms with Crippen LogP contribution in [-0.4, -0.2) is 6.04 Å². The molecule has 0 fully saturated rings. The highest BCUT2D eigenvalue weighted by atomic mass is 15.2. The van der Waals surface area contributed by atoms with Crippen molar-refractivity contribution in [3.05, 3.63) is 235 Å². The van der Waals surface area contributed by atoms with Gasteiger partial charge in [0.1, 0.15) is 0 Å². The van der Waals surface area contributed by atoms with Gasteiger partial charge in [-0.1, -0.05) is 154 Å². The maximum atomic E-state index is 4.00. The molecule has 2 nitrogen and oxygen atoms in total. The van der Waals surface area contributed by atoms with Crippen LogP contribution in [0.15, 0.2) is 218 Å². The van der Waals surface area contributed by atoms with Crippen molar-refractivity contribution in [3.8, 4) is 12.8 Å². The second kappa shape index (κ2) is 22.7. The number of para-hydroxylation sites is 2. The van der Waals surface area contributed by atoms with E-state index in [1.807, 2.05) is 0 Å². The van der Waals surface area contributed by atoms with Gasteiger partial charge in [0.05, 0.1) is 5.69 Å². The fourth-order valence-corrected chi connectivity index (χ4v) is 8.94. The molecule has 316 valence electrons. The lowest BCUT2D eigenvalue weighted by Crippen LogP contribution is -2.35. The second-order valence-electron chi connectivity index (χ2n) is 15.8. The van der Waals surface area contributed by atoms with E-state index in [1.54, 1.807) is 0 Å². The SMILES string of the molecule is C#C.C=C.C=C.C\C=C/C1=C(C/C=C\C(=C/C)N(/C(C)=C/C2=C(C)c3ccccc3C2(C)C)c2cccc3ccccc23)/C=C/c2ccccc2N(c2ccccc2)C(C)C1C. The van der Waals surface area contributed by atoms with Crippen molar-refractivity contribution in [2.45, 2.75) is 73.3 Å². The Hall–Kier alpha value is -6.82. The molecule has 2 unspecified atom stereocenters. The van der Waals surface area contributed by atoms with Crippen molar-refractivity contribution < 1.29 is 0 Å². The molecule has 1 heterocycles. The van der Waals surface area contributed by atoms with Gasteiger partial charge in [0.25, 0.3) is 0 Å². The van der Waals surface area contributed by atoms with E-state index >= 15 is 0 Å². The van der Waals surface area contributed by atoms with Gasteiger partial charge in [0, 0.05) is 45.5 Å². The zero-order valence-corrected chi connectivity index (χ0v) is 38.4. The van der Waals surface area contributed by atoms with Crippen molar-refractivity contribution in [2.75, 3.05) is 9.80 Å². The van der Waals surface area contributed by atoms with E-state index < -0.39 is 0 Å². The van der Waals surface area contributed by atoms with E-state index in [2.05, 4.69) is 274 Å². The smallest absolute Gasteiger partial charge is 0.0536 e. The third kappa shape index (κ3) is 10.0. The standard InChI is InChI=1S/C54H56N2.2C2H4.C2H2/c1-9-22-47-39(4)41(6)56(46-27-12-11-13-28-46)52-33-19-15-24-44(52)36-35-43(47)25-20-29-45(10-2)55(53-34-21-26-42-23-14-16-31-49(42)53)38(3)37-51-40(5)48-30-17-18-32-50(48)54(51,7)8;3*1-2/h9-24,26-37,39,41H,25H2,1-8H3;2*1-2H2;1-2H/b22-9-,29-20-,36-35+,38-37+,45-10+,47-43-;;;. The molecule has 2 aliphatic rings. The summed E-state index contributed by atoms with van der Waals surface area (Å²) in [5, 5.41) is 2.47. The molecule has 0 saturated heterocycles. The number of hydrogen-bond acceptors (Lipinski definition) is 2. The summed E-state index contributed by atoms with van der Waals surface area (Å²) in [7, 11) is 0. The highest BCUT2D eigenvalue weighted by molar-refractivity contribution is 5.96. The van der Waals surface area contributed by atoms with Crippen LogP contribution in [0.2, 0.25) is 0 Å². The highest BCUT2D eigenvalue weighted by Gasteiger charge is 2.35. The van der Waals surface area contributed by atoms with Gasteiger partial charge in [-0.15, -0.1) is 39.2 Å². The lowest BCUT2D eigenvalue weighted by molar-refractivity contribution is 0.547. The van der Waals surface area contributed by atoms with Crippen LogP contribution in [0.4, 0.5) is 17.1 Å². The first kappa shape index (κ1) is 47.9. The summed E-state index contributed by atoms with van der Waals surface area (Å²) in [6.07, 6.45) is 27.4. The molecule has 0 radical (unpaired) electrons. The lowest BCUT2D eigenvalue weighted by Gasteiger charge is -2.36. The van der Waals surface area contributed by atoms with Crippen LogP contribution in [0.5, 0.6) is 0 Å². The predicted molar refractivity (Wildman–Crippen MR) is 277 cm³/mol. The number of terminal acetylenes is 1. The van der Waals surface area contributed by atoms with Gasteiger partial charge in [0.2, 0.25) is 0 Å². The molecule has 7 rings (SSSR count). The molecule has 1 aliphatic heterocycles. The van der Waals surface area contributed by atoms with Gasteiger partial charge in [0.15, 0.2) is 0 Å². The Morgan fingerprint density at radius 1 is 0.774 bits per heavy atom. The van der Waals surface area contributed by atoms with E-state index in [1.165, 1.54) is 72.5 Å². The molecular weight excluding hydrogens is 749 g/mol. The average molecular weight is 815 g/mol. The van der Waals surface area contributed by atoms with Crippen molar-refractivity contribution in [1.82, 2.24) is 0 Å². The zero-order valence-electron chi connectivity index (χ0n) is 38.4. The number of hydrogen-bond donors (Lipinski definition) is 0. The largest absolute Gasteiger partial charge is 0.338 e. The third-order valence-electron chi connectivity index (χ3n) is 12.0. The molecule has 5 aromatic rings. The monoisotopic (exact) mass is 815 g/mol. The van der Waals surface area contributed by atoms with E-state index in [-0.39, 0.29) is 17.4 Å². The maximum Gasteiger partial charge on any atom is 0.0536 e. The van der Waals surface area contributed by atoms with E-state index in [0.29, 0.717) is 0 Å². The number of anilines is 3. The summed E-state index contributed by atoms with van der Waals surface area (Å²) in [6.45, 7) is 30.3. The minimum absolute atomic E-state index is 0.0975. The molecule has 2 atom stereocenters. The summed E-state index contributed by atoms with van der Waals surface area (Å²) in [5.74, 6) is 0.263. The zero-order chi connectivity index (χ0) is 45.4. The fraction of sp³-hybridized carbons (Fsp3) is 0.200. The fourth-order valence-electron chi connectivity index (χ4n) is 8.94. The summed E-state index contributed by atoms with van der Waals surface area (Å²) in [4.78, 5) is 4.97. The first-order chi connectivity index (χ1) is 30.1. The van der Waals surface area contributed by atoms with Crippen LogP contribution in [0.25, 0.3) is 22.4 Å². The first-order valence-electron chi connectivity index (χ1n) is 21.6. The minimum atomic E-state index is -0.0975. The lowest BCUT2D eigenvalue weighted by atomic mass is 9.81. The quantitative estimate of drug-likeness (QED) is 0.0831. The Labute approximate surface area is 374 Å². The van der Waals surface area contributed by atoms with E-state index in [4.69, 9.17) is 0 Å². The van der Waals surface area contributed by atoms with Crippen LogP contribution in [0.3, 0.4) is 0 Å². The Bertz CT molecular complexity index is 2520. The Balaban J connectivity index is 0.00000135. The molecule has 0 saturated carbocycles. The van der Waals surface area contributed by atoms with Gasteiger partial charge in [-0.05, 0) is 122 Å². The van der Waals surface area contributed by atoms with E-state index in [9.17, 15) is 0 Å². The number of allylic oxidation sites excluding steroid dienone is 11. The topological polar surface area (TPSA) is 6.48 Å². The van der Waals surface area contributed by atoms with Crippen LogP contribution in [0, 0.1) is 18.8 Å². The van der Waals surface area contributed by atoms with Crippen LogP contribution in [-0.2, 0) is 5.41 Å². The summed E-state index contributed by atoms with van der Waals surface area (Å²) in [6, 6.07) is 44.1. The van der Waals surface area contributed by atoms with Gasteiger partial charge in [-0.3, -0.25) is 0 Å². The summed E-state index contributed by atoms with van der Waals surface area (Å²) < 4.78 is 0. The number of fused-ring (bicyclic) bond motifs is 3. The van der Waals surface area contributed by atoms with Crippen molar-refractivity contribution >= 4 is 39.5 Å². The maximum absolute atomic E-state index is 4.00. The Morgan fingerprint density at radius 3 is 2.10 bits per heavy atom. The molecule has 2 heteroatoms. The molecule has 0 amide bonds. The molecule has 5 aromatic carbocycles. The van der Waals surface area contributed by atoms with Crippen molar-refractivity contribution in [3.63, 3.8) is 0 Å². The molecule has 0 aromatic heterocycles. The van der Waals surface area contributed by atoms with Crippen molar-refractivity contribution in [2.24, 2.45) is 5.92 Å². The van der Waals surface area contributed by atoms with Gasteiger partial charge in [-0.25, -0.2) is 0 Å². The van der Waals surface area contributed by atoms with Gasteiger partial charge >= 0.3 is 0 Å². The van der Waals surface area contributed by atoms with Crippen LogP contribution < -0.4 is 9.80 Å². The summed E-state index contributed by atoms with van der Waals surface area (Å²) >= 11 is 0. The number of nitrogens with zero attached hydrogens (tertiary/aromatic N) is 2. The molecule has 0 bridgehead atoms. The molecule has 0 spiro atoms. The summed E-state index contributed by atoms with van der Waals surface area (Å²) in [5.41, 5.74) is 15.2. The van der Waals surface area contributed by atoms with E-state index in [0.717, 1.165) is 12.1 Å². The van der Waals surface area contributed by atoms with Crippen molar-refractivity contribution in [1.29, 1.82) is 0 Å². The van der Waals surface area contributed by atoms with Crippen LogP contribution >= 0.6 is 0 Å². The molecule has 0 N–H and O–H groups in total. The van der Waals surface area contributed by atoms with Gasteiger partial charge < -0.3 is 9.80 Å². The Morgan fingerprint density at radius 2 is 1.40 bits per heavy atom. The number of rotatable bonds is 9. The second-order valence-corrected chi connectivity index (χ2v) is 15.8. The molecule has 62 heavy (non-hydrogen) atoms. The van der Waals surface area contributed by atoms with Crippen LogP contribution in [0.1, 0.15) is 78.5 Å². The third-order valence-corrected chi connectivity index (χ3v) is 12.0. The number of benzene rings is 5. The normalized spacial score (nSPS) is 18.8. The minimum Gasteiger partial charge on any atom is -0.338 e. The Kier molecular flexibility index (Phi) is 17.5.